The van der Waals surface area contributed by atoms with Gasteiger partial charge in [-0.15, -0.1) is 0 Å². The molecule has 3 heterocycles. The van der Waals surface area contributed by atoms with Gasteiger partial charge in [-0.1, -0.05) is 18.2 Å². The van der Waals surface area contributed by atoms with E-state index in [1.165, 1.54) is 0 Å². The van der Waals surface area contributed by atoms with Gasteiger partial charge in [0.15, 0.2) is 0 Å². The molecular formula is C18H24N2O4S. The summed E-state index contributed by atoms with van der Waals surface area (Å²) >= 11 is 0. The molecule has 0 aromatic heterocycles. The van der Waals surface area contributed by atoms with Crippen molar-refractivity contribution in [1.82, 2.24) is 9.80 Å². The molecule has 2 atom stereocenters. The maximum Gasteiger partial charge on any atom is 0.253 e. The SMILES string of the molecule is CS(=O)(=O)CCC(=O)N1CC2CCC1CN(C(=O)c1ccccc1)C2. The van der Waals surface area contributed by atoms with Crippen LogP contribution in [-0.2, 0) is 14.6 Å². The maximum absolute atomic E-state index is 12.7. The molecular weight excluding hydrogens is 340 g/mol. The van der Waals surface area contributed by atoms with Gasteiger partial charge in [-0.25, -0.2) is 8.42 Å². The van der Waals surface area contributed by atoms with Crippen LogP contribution in [-0.4, -0.2) is 67.7 Å². The highest BCUT2D eigenvalue weighted by Crippen LogP contribution is 2.29. The number of hydrogen-bond donors (Lipinski definition) is 0. The summed E-state index contributed by atoms with van der Waals surface area (Å²) in [5.74, 6) is 0.0255. The number of hydrogen-bond acceptors (Lipinski definition) is 4. The Kier molecular flexibility index (Phi) is 5.13. The zero-order chi connectivity index (χ0) is 18.0. The molecule has 0 saturated carbocycles. The van der Waals surface area contributed by atoms with Crippen LogP contribution in [0.4, 0.5) is 0 Å². The predicted molar refractivity (Wildman–Crippen MR) is 94.9 cm³/mol. The Balaban J connectivity index is 1.70. The van der Waals surface area contributed by atoms with E-state index in [-0.39, 0.29) is 35.9 Å². The zero-order valence-electron chi connectivity index (χ0n) is 14.4. The highest BCUT2D eigenvalue weighted by atomic mass is 32.2. The van der Waals surface area contributed by atoms with Crippen molar-refractivity contribution in [1.29, 1.82) is 0 Å². The van der Waals surface area contributed by atoms with Gasteiger partial charge in [0.2, 0.25) is 5.91 Å². The van der Waals surface area contributed by atoms with Gasteiger partial charge in [0.05, 0.1) is 5.75 Å². The van der Waals surface area contributed by atoms with E-state index in [0.29, 0.717) is 25.2 Å². The summed E-state index contributed by atoms with van der Waals surface area (Å²) < 4.78 is 22.6. The molecule has 0 aliphatic carbocycles. The Labute approximate surface area is 148 Å². The fraction of sp³-hybridized carbons (Fsp3) is 0.556. The van der Waals surface area contributed by atoms with E-state index < -0.39 is 9.84 Å². The van der Waals surface area contributed by atoms with Crippen LogP contribution in [0.2, 0.25) is 0 Å². The molecule has 0 radical (unpaired) electrons. The van der Waals surface area contributed by atoms with E-state index in [4.69, 9.17) is 0 Å². The minimum atomic E-state index is -3.15. The Morgan fingerprint density at radius 1 is 1.08 bits per heavy atom. The van der Waals surface area contributed by atoms with Crippen molar-refractivity contribution >= 4 is 21.7 Å². The number of sulfone groups is 1. The smallest absolute Gasteiger partial charge is 0.253 e. The highest BCUT2D eigenvalue weighted by Gasteiger charge is 2.38. The minimum Gasteiger partial charge on any atom is -0.338 e. The number of benzene rings is 1. The predicted octanol–water partition coefficient (Wildman–Crippen LogP) is 1.18. The van der Waals surface area contributed by atoms with Crippen LogP contribution in [0.25, 0.3) is 0 Å². The van der Waals surface area contributed by atoms with Crippen molar-refractivity contribution < 1.29 is 18.0 Å². The van der Waals surface area contributed by atoms with Crippen LogP contribution >= 0.6 is 0 Å². The lowest BCUT2D eigenvalue weighted by Gasteiger charge is -2.36. The van der Waals surface area contributed by atoms with Gasteiger partial charge < -0.3 is 9.80 Å². The van der Waals surface area contributed by atoms with E-state index in [2.05, 4.69) is 0 Å². The molecule has 2 unspecified atom stereocenters. The van der Waals surface area contributed by atoms with Gasteiger partial charge in [0.25, 0.3) is 5.91 Å². The molecule has 7 heteroatoms. The van der Waals surface area contributed by atoms with Crippen molar-refractivity contribution in [3.63, 3.8) is 0 Å². The van der Waals surface area contributed by atoms with E-state index in [1.54, 1.807) is 4.90 Å². The first kappa shape index (κ1) is 17.9. The van der Waals surface area contributed by atoms with Crippen molar-refractivity contribution in [2.45, 2.75) is 25.3 Å². The quantitative estimate of drug-likeness (QED) is 0.804. The van der Waals surface area contributed by atoms with Crippen LogP contribution in [0.5, 0.6) is 0 Å². The molecule has 3 fully saturated rings. The second-order valence-corrected chi connectivity index (χ2v) is 9.36. The summed E-state index contributed by atoms with van der Waals surface area (Å²) in [5, 5.41) is 0. The highest BCUT2D eigenvalue weighted by molar-refractivity contribution is 7.90. The Morgan fingerprint density at radius 3 is 2.48 bits per heavy atom. The number of nitrogens with zero attached hydrogens (tertiary/aromatic N) is 2. The Bertz CT molecular complexity index is 748. The summed E-state index contributed by atoms with van der Waals surface area (Å²) in [6.07, 6.45) is 3.04. The maximum atomic E-state index is 12.7. The van der Waals surface area contributed by atoms with Crippen molar-refractivity contribution in [3.8, 4) is 0 Å². The number of fused-ring (bicyclic) bond motifs is 4. The number of piperidine rings is 1. The van der Waals surface area contributed by atoms with Crippen LogP contribution in [0.3, 0.4) is 0 Å². The zero-order valence-corrected chi connectivity index (χ0v) is 15.2. The second-order valence-electron chi connectivity index (χ2n) is 7.10. The van der Waals surface area contributed by atoms with Gasteiger partial charge in [-0.05, 0) is 30.9 Å². The number of rotatable bonds is 4. The van der Waals surface area contributed by atoms with E-state index >= 15 is 0 Å². The summed E-state index contributed by atoms with van der Waals surface area (Å²) in [6, 6.07) is 9.18. The minimum absolute atomic E-state index is 0.00272. The fourth-order valence-electron chi connectivity index (χ4n) is 3.73. The summed E-state index contributed by atoms with van der Waals surface area (Å²) in [7, 11) is -3.15. The molecule has 2 amide bonds. The number of carbonyl (C=O) groups is 2. The van der Waals surface area contributed by atoms with Crippen molar-refractivity contribution in [2.24, 2.45) is 5.92 Å². The molecule has 3 saturated heterocycles. The first-order valence-electron chi connectivity index (χ1n) is 8.65. The molecule has 0 spiro atoms. The topological polar surface area (TPSA) is 74.8 Å². The van der Waals surface area contributed by atoms with Gasteiger partial charge >= 0.3 is 0 Å². The summed E-state index contributed by atoms with van der Waals surface area (Å²) in [6.45, 7) is 1.79. The fourth-order valence-corrected chi connectivity index (χ4v) is 4.28. The molecule has 25 heavy (non-hydrogen) atoms. The lowest BCUT2D eigenvalue weighted by Crippen LogP contribution is -2.48. The van der Waals surface area contributed by atoms with E-state index in [0.717, 1.165) is 19.1 Å². The van der Waals surface area contributed by atoms with Crippen LogP contribution < -0.4 is 0 Å². The molecule has 1 aromatic carbocycles. The molecule has 2 bridgehead atoms. The van der Waals surface area contributed by atoms with Gasteiger partial charge in [0.1, 0.15) is 9.84 Å². The average Bonchev–Trinajstić information content (AvgIpc) is 2.91. The Hall–Kier alpha value is -1.89. The number of carbonyl (C=O) groups excluding carboxylic acids is 2. The average molecular weight is 364 g/mol. The summed E-state index contributed by atoms with van der Waals surface area (Å²) in [4.78, 5) is 28.9. The third-order valence-corrected chi connectivity index (χ3v) is 5.97. The molecule has 3 aliphatic heterocycles. The lowest BCUT2D eigenvalue weighted by molar-refractivity contribution is -0.134. The first-order valence-corrected chi connectivity index (χ1v) is 10.7. The third-order valence-electron chi connectivity index (χ3n) is 5.03. The number of amides is 2. The van der Waals surface area contributed by atoms with Gasteiger partial charge in [-0.2, -0.15) is 0 Å². The van der Waals surface area contributed by atoms with Crippen molar-refractivity contribution in [2.75, 3.05) is 31.6 Å². The molecule has 6 nitrogen and oxygen atoms in total. The third kappa shape index (κ3) is 4.39. The Morgan fingerprint density at radius 2 is 1.80 bits per heavy atom. The normalized spacial score (nSPS) is 23.4. The lowest BCUT2D eigenvalue weighted by atomic mass is 9.95. The van der Waals surface area contributed by atoms with Gasteiger partial charge in [0, 0.05) is 43.9 Å². The molecule has 0 N–H and O–H groups in total. The van der Waals surface area contributed by atoms with Crippen LogP contribution in [0.1, 0.15) is 29.6 Å². The molecule has 136 valence electrons. The monoisotopic (exact) mass is 364 g/mol. The standard InChI is InChI=1S/C18H24N2O4S/c1-25(23,24)10-9-17(21)20-12-14-7-8-16(20)13-19(11-14)18(22)15-5-3-2-4-6-15/h2-6,14,16H,7-13H2,1H3. The molecule has 4 rings (SSSR count). The first-order chi connectivity index (χ1) is 11.8. The van der Waals surface area contributed by atoms with Crippen LogP contribution in [0.15, 0.2) is 30.3 Å². The molecule has 3 aliphatic rings. The van der Waals surface area contributed by atoms with E-state index in [9.17, 15) is 18.0 Å². The van der Waals surface area contributed by atoms with Crippen LogP contribution in [0, 0.1) is 5.92 Å². The van der Waals surface area contributed by atoms with E-state index in [1.807, 2.05) is 35.2 Å². The second kappa shape index (κ2) is 7.15. The molecule has 1 aromatic rings. The largest absolute Gasteiger partial charge is 0.338 e. The summed E-state index contributed by atoms with van der Waals surface area (Å²) in [5.41, 5.74) is 0.666. The van der Waals surface area contributed by atoms with Gasteiger partial charge in [-0.3, -0.25) is 9.59 Å². The van der Waals surface area contributed by atoms with Crippen molar-refractivity contribution in [3.05, 3.63) is 35.9 Å².